The zero-order valence-electron chi connectivity index (χ0n) is 8.50. The van der Waals surface area contributed by atoms with Crippen LogP contribution in [-0.2, 0) is 11.2 Å². The summed E-state index contributed by atoms with van der Waals surface area (Å²) < 4.78 is 13.1. The summed E-state index contributed by atoms with van der Waals surface area (Å²) in [6.45, 7) is 0. The molecule has 0 N–H and O–H groups in total. The van der Waals surface area contributed by atoms with Crippen molar-refractivity contribution in [3.63, 3.8) is 0 Å². The molecule has 0 spiro atoms. The highest BCUT2D eigenvalue weighted by molar-refractivity contribution is 5.90. The highest BCUT2D eigenvalue weighted by atomic mass is 19.1. The number of rotatable bonds is 0. The number of hydrogen-bond acceptors (Lipinski definition) is 1. The molecule has 78 valence electrons. The van der Waals surface area contributed by atoms with E-state index in [9.17, 15) is 9.18 Å². The van der Waals surface area contributed by atoms with E-state index in [4.69, 9.17) is 0 Å². The van der Waals surface area contributed by atoms with Crippen molar-refractivity contribution in [2.75, 3.05) is 0 Å². The number of fused-ring (bicyclic) bond motifs is 4. The molecule has 2 aliphatic carbocycles. The van der Waals surface area contributed by atoms with Gasteiger partial charge in [0.05, 0.1) is 0 Å². The third-order valence-corrected chi connectivity index (χ3v) is 3.74. The van der Waals surface area contributed by atoms with E-state index in [1.165, 1.54) is 6.07 Å². The first-order chi connectivity index (χ1) is 7.25. The number of carbonyl (C=O) groups is 1. The van der Waals surface area contributed by atoms with Gasteiger partial charge in [-0.3, -0.25) is 4.79 Å². The fraction of sp³-hybridized carbons (Fsp3) is 0.462. The maximum Gasteiger partial charge on any atom is 0.143 e. The molecule has 2 atom stereocenters. The molecule has 2 heteroatoms. The van der Waals surface area contributed by atoms with Gasteiger partial charge in [0.15, 0.2) is 0 Å². The summed E-state index contributed by atoms with van der Waals surface area (Å²) in [6.07, 6.45) is 3.83. The Labute approximate surface area is 88.3 Å². The van der Waals surface area contributed by atoms with Gasteiger partial charge in [-0.1, -0.05) is 12.5 Å². The van der Waals surface area contributed by atoms with Crippen LogP contribution >= 0.6 is 0 Å². The number of benzene rings is 1. The van der Waals surface area contributed by atoms with Crippen molar-refractivity contribution in [1.29, 1.82) is 0 Å². The van der Waals surface area contributed by atoms with E-state index in [0.29, 0.717) is 5.78 Å². The summed E-state index contributed by atoms with van der Waals surface area (Å²) in [4.78, 5) is 12.0. The average Bonchev–Trinajstić information content (AvgIpc) is 2.19. The summed E-state index contributed by atoms with van der Waals surface area (Å²) in [7, 11) is 0. The first-order valence-corrected chi connectivity index (χ1v) is 5.58. The molecule has 2 unspecified atom stereocenters. The summed E-state index contributed by atoms with van der Waals surface area (Å²) in [5.74, 6) is 0.438. The second-order valence-corrected chi connectivity index (χ2v) is 4.63. The Morgan fingerprint density at radius 1 is 1.27 bits per heavy atom. The van der Waals surface area contributed by atoms with E-state index >= 15 is 0 Å². The topological polar surface area (TPSA) is 17.1 Å². The first kappa shape index (κ1) is 9.08. The van der Waals surface area contributed by atoms with E-state index in [1.807, 2.05) is 0 Å². The number of Topliss-reactive ketones (excluding diaryl/α,β-unsaturated/α-hetero) is 1. The minimum Gasteiger partial charge on any atom is -0.299 e. The lowest BCUT2D eigenvalue weighted by Crippen LogP contribution is -2.33. The lowest BCUT2D eigenvalue weighted by atomic mass is 9.68. The third-order valence-electron chi connectivity index (χ3n) is 3.74. The predicted molar refractivity (Wildman–Crippen MR) is 55.2 cm³/mol. The maximum atomic E-state index is 13.1. The minimum absolute atomic E-state index is 0.0631. The molecule has 2 aliphatic rings. The van der Waals surface area contributed by atoms with Gasteiger partial charge < -0.3 is 0 Å². The van der Waals surface area contributed by atoms with Crippen molar-refractivity contribution < 1.29 is 9.18 Å². The van der Waals surface area contributed by atoms with Crippen molar-refractivity contribution in [3.05, 3.63) is 35.1 Å². The Morgan fingerprint density at radius 3 is 3.00 bits per heavy atom. The Kier molecular flexibility index (Phi) is 1.91. The Balaban J connectivity index is 2.12. The van der Waals surface area contributed by atoms with Gasteiger partial charge in [-0.05, 0) is 42.5 Å². The van der Waals surface area contributed by atoms with Crippen molar-refractivity contribution >= 4 is 5.78 Å². The smallest absolute Gasteiger partial charge is 0.143 e. The largest absolute Gasteiger partial charge is 0.299 e. The van der Waals surface area contributed by atoms with E-state index in [2.05, 4.69) is 0 Å². The van der Waals surface area contributed by atoms with Crippen molar-refractivity contribution in [2.45, 2.75) is 31.6 Å². The van der Waals surface area contributed by atoms with Crippen LogP contribution < -0.4 is 0 Å². The van der Waals surface area contributed by atoms with Gasteiger partial charge in [0, 0.05) is 11.8 Å². The van der Waals surface area contributed by atoms with Gasteiger partial charge in [-0.2, -0.15) is 0 Å². The molecule has 0 aliphatic heterocycles. The third kappa shape index (κ3) is 1.31. The molecule has 1 aromatic carbocycles. The molecule has 0 heterocycles. The van der Waals surface area contributed by atoms with Crippen LogP contribution in [0.3, 0.4) is 0 Å². The van der Waals surface area contributed by atoms with E-state index in [0.717, 1.165) is 36.8 Å². The molecule has 3 rings (SSSR count). The molecule has 0 amide bonds. The molecule has 15 heavy (non-hydrogen) atoms. The highest BCUT2D eigenvalue weighted by Gasteiger charge is 2.37. The molecule has 2 bridgehead atoms. The fourth-order valence-corrected chi connectivity index (χ4v) is 3.01. The molecule has 1 fully saturated rings. The maximum absolute atomic E-state index is 13.1. The minimum atomic E-state index is -0.179. The number of halogens is 1. The van der Waals surface area contributed by atoms with Crippen LogP contribution in [0.2, 0.25) is 0 Å². The summed E-state index contributed by atoms with van der Waals surface area (Å²) in [5.41, 5.74) is 2.14. The van der Waals surface area contributed by atoms with Crippen molar-refractivity contribution in [2.24, 2.45) is 5.92 Å². The van der Waals surface area contributed by atoms with Crippen LogP contribution in [0.1, 0.15) is 36.3 Å². The number of ketones is 1. The van der Waals surface area contributed by atoms with Crippen LogP contribution in [0.25, 0.3) is 0 Å². The van der Waals surface area contributed by atoms with Crippen LogP contribution in [0.5, 0.6) is 0 Å². The number of hydrogen-bond donors (Lipinski definition) is 0. The standard InChI is InChI=1S/C13H13FO/c14-10-4-5-11-9(7-10)6-8-2-1-3-12(11)13(8)15/h4-5,7-8,12H,1-3,6H2. The number of carbonyl (C=O) groups excluding carboxylic acids is 1. The van der Waals surface area contributed by atoms with Gasteiger partial charge in [-0.25, -0.2) is 4.39 Å². The molecule has 0 saturated heterocycles. The Bertz CT molecular complexity index is 425. The normalized spacial score (nSPS) is 28.7. The molecule has 0 aromatic heterocycles. The van der Waals surface area contributed by atoms with Gasteiger partial charge >= 0.3 is 0 Å². The van der Waals surface area contributed by atoms with E-state index in [1.54, 1.807) is 12.1 Å². The second-order valence-electron chi connectivity index (χ2n) is 4.63. The summed E-state index contributed by atoms with van der Waals surface area (Å²) in [6, 6.07) is 4.88. The highest BCUT2D eigenvalue weighted by Crippen LogP contribution is 2.41. The monoisotopic (exact) mass is 204 g/mol. The summed E-state index contributed by atoms with van der Waals surface area (Å²) >= 11 is 0. The Morgan fingerprint density at radius 2 is 2.13 bits per heavy atom. The summed E-state index contributed by atoms with van der Waals surface area (Å²) in [5, 5.41) is 0. The molecule has 1 nitrogen and oxygen atoms in total. The SMILES string of the molecule is O=C1C2CCCC1c1ccc(F)cc1C2. The van der Waals surface area contributed by atoms with Crippen LogP contribution in [-0.4, -0.2) is 5.78 Å². The quantitative estimate of drug-likeness (QED) is 0.635. The van der Waals surface area contributed by atoms with E-state index in [-0.39, 0.29) is 17.7 Å². The zero-order valence-corrected chi connectivity index (χ0v) is 8.50. The molecular weight excluding hydrogens is 191 g/mol. The first-order valence-electron chi connectivity index (χ1n) is 5.58. The van der Waals surface area contributed by atoms with Gasteiger partial charge in [0.25, 0.3) is 0 Å². The second kappa shape index (κ2) is 3.16. The van der Waals surface area contributed by atoms with Crippen LogP contribution in [0.15, 0.2) is 18.2 Å². The Hall–Kier alpha value is -1.18. The molecule has 0 radical (unpaired) electrons. The molecule has 1 aromatic rings. The van der Waals surface area contributed by atoms with Crippen LogP contribution in [0.4, 0.5) is 4.39 Å². The van der Waals surface area contributed by atoms with Crippen molar-refractivity contribution in [3.8, 4) is 0 Å². The lowest BCUT2D eigenvalue weighted by Gasteiger charge is -2.34. The zero-order chi connectivity index (χ0) is 10.4. The van der Waals surface area contributed by atoms with Gasteiger partial charge in [0.2, 0.25) is 0 Å². The van der Waals surface area contributed by atoms with Gasteiger partial charge in [-0.15, -0.1) is 0 Å². The van der Waals surface area contributed by atoms with Gasteiger partial charge in [0.1, 0.15) is 11.6 Å². The molecular formula is C13H13FO. The van der Waals surface area contributed by atoms with Crippen LogP contribution in [0, 0.1) is 11.7 Å². The molecule has 1 saturated carbocycles. The fourth-order valence-electron chi connectivity index (χ4n) is 3.01. The lowest BCUT2D eigenvalue weighted by molar-refractivity contribution is -0.126. The predicted octanol–water partition coefficient (Wildman–Crippen LogP) is 2.83. The van der Waals surface area contributed by atoms with Crippen molar-refractivity contribution in [1.82, 2.24) is 0 Å². The van der Waals surface area contributed by atoms with E-state index < -0.39 is 0 Å². The average molecular weight is 204 g/mol.